The van der Waals surface area contributed by atoms with Crippen molar-refractivity contribution >= 4 is 34.0 Å². The lowest BCUT2D eigenvalue weighted by molar-refractivity contribution is -0.137. The number of Topliss-reactive ketones (excluding diaryl/α,β-unsaturated/α-hetero) is 1. The maximum Gasteiger partial charge on any atom is 0.325 e. The number of benzene rings is 2. The third-order valence-electron chi connectivity index (χ3n) is 4.15. The number of halogens is 1. The summed E-state index contributed by atoms with van der Waals surface area (Å²) in [7, 11) is 1.46. The molecule has 1 heterocycles. The summed E-state index contributed by atoms with van der Waals surface area (Å²) in [5.74, 6) is -1.41. The predicted molar refractivity (Wildman–Crippen MR) is 100 cm³/mol. The molecule has 0 radical (unpaired) electrons. The van der Waals surface area contributed by atoms with Gasteiger partial charge >= 0.3 is 11.1 Å². The third-order valence-corrected chi connectivity index (χ3v) is 5.44. The molecule has 0 spiro atoms. The maximum atomic E-state index is 13.5. The summed E-state index contributed by atoms with van der Waals surface area (Å²) in [5, 5.41) is 9.21. The normalized spacial score (nSPS) is 12.1. The van der Waals surface area contributed by atoms with Crippen molar-refractivity contribution in [3.8, 4) is 5.75 Å². The third kappa shape index (κ3) is 4.00. The smallest absolute Gasteiger partial charge is 0.325 e. The minimum atomic E-state index is -1.76. The summed E-state index contributed by atoms with van der Waals surface area (Å²) in [6.07, 6.45) is 0. The molecular formula is C19H17FN2O5S. The van der Waals surface area contributed by atoms with Gasteiger partial charge in [0, 0.05) is 28.4 Å². The van der Waals surface area contributed by atoms with Gasteiger partial charge in [-0.3, -0.25) is 14.2 Å². The highest BCUT2D eigenvalue weighted by Crippen LogP contribution is 2.27. The lowest BCUT2D eigenvalue weighted by Gasteiger charge is -2.14. The molecule has 0 aliphatic carbocycles. The number of carboxylic acids is 1. The Morgan fingerprint density at radius 1 is 1.29 bits per heavy atom. The highest BCUT2D eigenvalue weighted by molar-refractivity contribution is 7.90. The lowest BCUT2D eigenvalue weighted by Crippen LogP contribution is -2.17. The van der Waals surface area contributed by atoms with Gasteiger partial charge in [-0.05, 0) is 37.3 Å². The number of hydrogen-bond donors (Lipinski definition) is 1. The Bertz CT molecular complexity index is 1070. The number of methoxy groups -OCH3 is 1. The van der Waals surface area contributed by atoms with E-state index < -0.39 is 29.5 Å². The molecule has 9 heteroatoms. The number of hydrogen-bond acceptors (Lipinski definition) is 5. The Balaban J connectivity index is 2.04. The summed E-state index contributed by atoms with van der Waals surface area (Å²) in [4.78, 5) is 27.1. The molecule has 0 bridgehead atoms. The van der Waals surface area contributed by atoms with Crippen LogP contribution in [0.25, 0.3) is 11.0 Å². The first kappa shape index (κ1) is 19.8. The molecule has 3 rings (SSSR count). The second-order valence-electron chi connectivity index (χ2n) is 6.08. The van der Waals surface area contributed by atoms with E-state index in [0.717, 1.165) is 6.07 Å². The summed E-state index contributed by atoms with van der Waals surface area (Å²) in [6, 6.07) is 8.55. The van der Waals surface area contributed by atoms with Gasteiger partial charge < -0.3 is 14.4 Å². The topological polar surface area (TPSA) is 104 Å². The Hall–Kier alpha value is -2.91. The van der Waals surface area contributed by atoms with Gasteiger partial charge in [0.05, 0.1) is 18.1 Å². The first-order chi connectivity index (χ1) is 13.3. The van der Waals surface area contributed by atoms with Gasteiger partial charge in [-0.2, -0.15) is 4.98 Å². The molecule has 28 heavy (non-hydrogen) atoms. The van der Waals surface area contributed by atoms with Crippen molar-refractivity contribution in [1.29, 1.82) is 0 Å². The lowest BCUT2D eigenvalue weighted by atomic mass is 10.1. The molecule has 7 nitrogen and oxygen atoms in total. The molecular weight excluding hydrogens is 387 g/mol. The zero-order valence-corrected chi connectivity index (χ0v) is 16.0. The number of carbonyl (C=O) groups is 2. The number of carboxylic acid groups (broad SMARTS) is 1. The van der Waals surface area contributed by atoms with Crippen LogP contribution in [-0.4, -0.2) is 38.1 Å². The van der Waals surface area contributed by atoms with Crippen molar-refractivity contribution in [2.75, 3.05) is 7.11 Å². The Morgan fingerprint density at radius 2 is 2.04 bits per heavy atom. The number of rotatable bonds is 7. The quantitative estimate of drug-likeness (QED) is 0.480. The summed E-state index contributed by atoms with van der Waals surface area (Å²) >= 11 is -1.76. The molecule has 0 amide bonds. The average molecular weight is 404 g/mol. The van der Waals surface area contributed by atoms with Crippen LogP contribution in [0.3, 0.4) is 0 Å². The van der Waals surface area contributed by atoms with Gasteiger partial charge in [0.2, 0.25) is 0 Å². The van der Waals surface area contributed by atoms with Crippen LogP contribution in [0, 0.1) is 5.82 Å². The molecule has 1 aromatic heterocycles. The van der Waals surface area contributed by atoms with Crippen LogP contribution in [0.2, 0.25) is 0 Å². The van der Waals surface area contributed by atoms with E-state index in [-0.39, 0.29) is 22.2 Å². The van der Waals surface area contributed by atoms with E-state index in [2.05, 4.69) is 4.98 Å². The molecule has 0 saturated carbocycles. The molecule has 0 aliphatic rings. The molecule has 2 aromatic carbocycles. The standard InChI is InChI=1S/C19H17FN2O5S/c1-11(23)12-3-6-17(27-2)13(7-12)10-28(26)19-21-15-8-14(20)4-5-16(15)22(19)9-18(24)25/h3-8H,9-10H2,1-2H3,(H,24,25). The minimum Gasteiger partial charge on any atom is -0.609 e. The van der Waals surface area contributed by atoms with Gasteiger partial charge in [0.25, 0.3) is 0 Å². The number of fused-ring (bicyclic) bond motifs is 1. The first-order valence-corrected chi connectivity index (χ1v) is 9.56. The molecule has 3 aromatic rings. The number of carbonyl (C=O) groups excluding carboxylic acids is 1. The fourth-order valence-electron chi connectivity index (χ4n) is 2.86. The van der Waals surface area contributed by atoms with Crippen LogP contribution < -0.4 is 4.74 Å². The Morgan fingerprint density at radius 3 is 2.68 bits per heavy atom. The second-order valence-corrected chi connectivity index (χ2v) is 7.42. The number of aliphatic carboxylic acids is 1. The number of ketones is 1. The van der Waals surface area contributed by atoms with Crippen LogP contribution in [0.15, 0.2) is 41.6 Å². The van der Waals surface area contributed by atoms with Crippen LogP contribution in [0.1, 0.15) is 22.8 Å². The fraction of sp³-hybridized carbons (Fsp3) is 0.211. The molecule has 0 saturated heterocycles. The SMILES string of the molecule is COc1ccc(C(C)=O)cc1C[S+]([O-])c1nc2cc(F)ccc2n1CC(=O)O. The number of ether oxygens (including phenoxy) is 1. The van der Waals surface area contributed by atoms with E-state index in [1.54, 1.807) is 18.2 Å². The van der Waals surface area contributed by atoms with E-state index >= 15 is 0 Å². The average Bonchev–Trinajstić information content (AvgIpc) is 2.98. The molecule has 1 N–H and O–H groups in total. The van der Waals surface area contributed by atoms with Crippen molar-refractivity contribution < 1.29 is 28.4 Å². The van der Waals surface area contributed by atoms with Crippen molar-refractivity contribution in [2.45, 2.75) is 24.4 Å². The van der Waals surface area contributed by atoms with Crippen LogP contribution in [0.4, 0.5) is 4.39 Å². The molecule has 0 fully saturated rings. The molecule has 1 unspecified atom stereocenters. The van der Waals surface area contributed by atoms with Gasteiger partial charge in [-0.15, -0.1) is 0 Å². The molecule has 1 atom stereocenters. The highest BCUT2D eigenvalue weighted by atomic mass is 32.2. The maximum absolute atomic E-state index is 13.5. The zero-order valence-electron chi connectivity index (χ0n) is 15.1. The monoisotopic (exact) mass is 404 g/mol. The first-order valence-electron chi connectivity index (χ1n) is 8.24. The van der Waals surface area contributed by atoms with E-state index in [1.165, 1.54) is 30.7 Å². The summed E-state index contributed by atoms with van der Waals surface area (Å²) in [6.45, 7) is 0.956. The van der Waals surface area contributed by atoms with Gasteiger partial charge in [-0.1, -0.05) is 0 Å². The largest absolute Gasteiger partial charge is 0.609 e. The van der Waals surface area contributed by atoms with Crippen molar-refractivity contribution in [3.05, 3.63) is 53.3 Å². The van der Waals surface area contributed by atoms with Crippen LogP contribution in [0.5, 0.6) is 5.75 Å². The minimum absolute atomic E-state index is 0.0123. The van der Waals surface area contributed by atoms with E-state index in [4.69, 9.17) is 4.74 Å². The van der Waals surface area contributed by atoms with E-state index in [9.17, 15) is 23.6 Å². The van der Waals surface area contributed by atoms with Gasteiger partial charge in [0.1, 0.15) is 23.9 Å². The number of imidazole rings is 1. The van der Waals surface area contributed by atoms with Gasteiger partial charge in [0.15, 0.2) is 5.78 Å². The number of nitrogens with zero attached hydrogens (tertiary/aromatic N) is 2. The van der Waals surface area contributed by atoms with Crippen molar-refractivity contribution in [3.63, 3.8) is 0 Å². The van der Waals surface area contributed by atoms with Crippen molar-refractivity contribution in [2.24, 2.45) is 0 Å². The zero-order chi connectivity index (χ0) is 20.4. The number of aromatic nitrogens is 2. The summed E-state index contributed by atoms with van der Waals surface area (Å²) < 4.78 is 33.1. The predicted octanol–water partition coefficient (Wildman–Crippen LogP) is 2.78. The second kappa shape index (κ2) is 7.99. The fourth-order valence-corrected chi connectivity index (χ4v) is 4.10. The highest BCUT2D eigenvalue weighted by Gasteiger charge is 2.25. The Kier molecular flexibility index (Phi) is 5.66. The van der Waals surface area contributed by atoms with Crippen LogP contribution in [-0.2, 0) is 28.3 Å². The summed E-state index contributed by atoms with van der Waals surface area (Å²) in [5.41, 5.74) is 1.55. The molecule has 146 valence electrons. The van der Waals surface area contributed by atoms with Gasteiger partial charge in [-0.25, -0.2) is 4.39 Å². The van der Waals surface area contributed by atoms with Crippen LogP contribution >= 0.6 is 0 Å². The van der Waals surface area contributed by atoms with Crippen molar-refractivity contribution in [1.82, 2.24) is 9.55 Å². The Labute approximate surface area is 162 Å². The molecule has 0 aliphatic heterocycles. The van der Waals surface area contributed by atoms with E-state index in [0.29, 0.717) is 22.4 Å². The van der Waals surface area contributed by atoms with E-state index in [1.807, 2.05) is 0 Å².